The number of nitrogens with one attached hydrogen (secondary N) is 1. The fourth-order valence-corrected chi connectivity index (χ4v) is 2.31. The highest BCUT2D eigenvalue weighted by Gasteiger charge is 2.11. The van der Waals surface area contributed by atoms with E-state index >= 15 is 0 Å². The van der Waals surface area contributed by atoms with Gasteiger partial charge in [-0.1, -0.05) is 19.9 Å². The molecule has 1 N–H and O–H groups in total. The van der Waals surface area contributed by atoms with Gasteiger partial charge in [-0.15, -0.1) is 0 Å². The molecule has 2 aromatic rings. The van der Waals surface area contributed by atoms with Gasteiger partial charge >= 0.3 is 0 Å². The minimum absolute atomic E-state index is 0.0582. The molecule has 5 heteroatoms. The second-order valence-electron chi connectivity index (χ2n) is 4.87. The summed E-state index contributed by atoms with van der Waals surface area (Å²) >= 11 is 2.06. The van der Waals surface area contributed by atoms with Gasteiger partial charge in [-0.05, 0) is 47.1 Å². The van der Waals surface area contributed by atoms with Crippen molar-refractivity contribution in [2.45, 2.75) is 26.7 Å². The number of nitrogens with zero attached hydrogens (tertiary/aromatic N) is 2. The molecule has 100 valence electrons. The first-order valence-corrected chi connectivity index (χ1v) is 7.31. The third-order valence-electron chi connectivity index (χ3n) is 2.66. The molecule has 0 amide bonds. The standard InChI is InChI=1S/C14H16IN3O/c1-9(2)7-11-13(15)14(19)18-12(17-11)8-10-5-3-4-6-16-10/h3-6,9H,7-8H2,1-2H3,(H,17,18,19). The Morgan fingerprint density at radius 3 is 2.79 bits per heavy atom. The lowest BCUT2D eigenvalue weighted by Crippen LogP contribution is -2.19. The summed E-state index contributed by atoms with van der Waals surface area (Å²) in [5.41, 5.74) is 1.73. The predicted octanol–water partition coefficient (Wildman–Crippen LogP) is 2.56. The number of rotatable bonds is 4. The summed E-state index contributed by atoms with van der Waals surface area (Å²) in [6.45, 7) is 4.24. The van der Waals surface area contributed by atoms with Gasteiger partial charge in [0.15, 0.2) is 0 Å². The van der Waals surface area contributed by atoms with Crippen LogP contribution in [-0.4, -0.2) is 15.0 Å². The van der Waals surface area contributed by atoms with Crippen molar-refractivity contribution in [3.05, 3.63) is 55.5 Å². The Bertz CT molecular complexity index is 608. The Balaban J connectivity index is 2.32. The van der Waals surface area contributed by atoms with Crippen LogP contribution in [-0.2, 0) is 12.8 Å². The molecular weight excluding hydrogens is 353 g/mol. The third-order valence-corrected chi connectivity index (χ3v) is 3.77. The van der Waals surface area contributed by atoms with E-state index < -0.39 is 0 Å². The van der Waals surface area contributed by atoms with Gasteiger partial charge in [0.05, 0.1) is 9.26 Å². The topological polar surface area (TPSA) is 58.6 Å². The van der Waals surface area contributed by atoms with Crippen LogP contribution in [0.1, 0.15) is 31.1 Å². The van der Waals surface area contributed by atoms with Gasteiger partial charge in [-0.25, -0.2) is 4.98 Å². The highest BCUT2D eigenvalue weighted by molar-refractivity contribution is 14.1. The van der Waals surface area contributed by atoms with Crippen molar-refractivity contribution in [3.63, 3.8) is 0 Å². The molecule has 0 aliphatic heterocycles. The van der Waals surface area contributed by atoms with E-state index in [0.29, 0.717) is 21.7 Å². The van der Waals surface area contributed by atoms with Crippen LogP contribution in [0.25, 0.3) is 0 Å². The SMILES string of the molecule is CC(C)Cc1nc(Cc2ccccn2)[nH]c(=O)c1I. The minimum Gasteiger partial charge on any atom is -0.309 e. The van der Waals surface area contributed by atoms with Gasteiger partial charge in [0.25, 0.3) is 5.56 Å². The van der Waals surface area contributed by atoms with Crippen LogP contribution in [0, 0.1) is 9.49 Å². The fraction of sp³-hybridized carbons (Fsp3) is 0.357. The van der Waals surface area contributed by atoms with Crippen molar-refractivity contribution < 1.29 is 0 Å². The highest BCUT2D eigenvalue weighted by Crippen LogP contribution is 2.11. The second kappa shape index (κ2) is 6.27. The van der Waals surface area contributed by atoms with Gasteiger partial charge in [0, 0.05) is 18.3 Å². The van der Waals surface area contributed by atoms with E-state index in [-0.39, 0.29) is 5.56 Å². The number of pyridine rings is 1. The highest BCUT2D eigenvalue weighted by atomic mass is 127. The van der Waals surface area contributed by atoms with Crippen LogP contribution >= 0.6 is 22.6 Å². The monoisotopic (exact) mass is 369 g/mol. The van der Waals surface area contributed by atoms with Gasteiger partial charge in [-0.2, -0.15) is 0 Å². The first-order chi connectivity index (χ1) is 9.06. The Morgan fingerprint density at radius 1 is 1.37 bits per heavy atom. The molecule has 0 bridgehead atoms. The van der Waals surface area contributed by atoms with Crippen molar-refractivity contribution >= 4 is 22.6 Å². The van der Waals surface area contributed by atoms with Gasteiger partial charge < -0.3 is 4.98 Å². The lowest BCUT2D eigenvalue weighted by atomic mass is 10.1. The van der Waals surface area contributed by atoms with Crippen LogP contribution in [0.4, 0.5) is 0 Å². The zero-order chi connectivity index (χ0) is 13.8. The van der Waals surface area contributed by atoms with Crippen molar-refractivity contribution in [1.82, 2.24) is 15.0 Å². The first-order valence-electron chi connectivity index (χ1n) is 6.23. The van der Waals surface area contributed by atoms with Crippen LogP contribution in [0.15, 0.2) is 29.2 Å². The smallest absolute Gasteiger partial charge is 0.264 e. The zero-order valence-electron chi connectivity index (χ0n) is 11.0. The summed E-state index contributed by atoms with van der Waals surface area (Å²) in [5.74, 6) is 1.16. The molecule has 0 saturated heterocycles. The normalized spacial score (nSPS) is 10.9. The Hall–Kier alpha value is -1.24. The van der Waals surface area contributed by atoms with E-state index in [2.05, 4.69) is 51.4 Å². The number of hydrogen-bond donors (Lipinski definition) is 1. The second-order valence-corrected chi connectivity index (χ2v) is 5.95. The summed E-state index contributed by atoms with van der Waals surface area (Å²) in [4.78, 5) is 23.6. The Kier molecular flexibility index (Phi) is 4.68. The van der Waals surface area contributed by atoms with Crippen molar-refractivity contribution in [2.24, 2.45) is 5.92 Å². The zero-order valence-corrected chi connectivity index (χ0v) is 13.1. The van der Waals surface area contributed by atoms with Crippen molar-refractivity contribution in [1.29, 1.82) is 0 Å². The van der Waals surface area contributed by atoms with E-state index in [0.717, 1.165) is 17.8 Å². The molecule has 2 heterocycles. The molecular formula is C14H16IN3O. The number of hydrogen-bond acceptors (Lipinski definition) is 3. The van der Waals surface area contributed by atoms with Crippen molar-refractivity contribution in [2.75, 3.05) is 0 Å². The molecule has 0 spiro atoms. The Labute approximate surface area is 125 Å². The molecule has 0 unspecified atom stereocenters. The maximum absolute atomic E-state index is 11.9. The van der Waals surface area contributed by atoms with Gasteiger partial charge in [0.1, 0.15) is 5.82 Å². The average molecular weight is 369 g/mol. The number of H-pyrrole nitrogens is 1. The van der Waals surface area contributed by atoms with E-state index in [9.17, 15) is 4.79 Å². The summed E-state index contributed by atoms with van der Waals surface area (Å²) in [6.07, 6.45) is 3.12. The number of aromatic amines is 1. The lowest BCUT2D eigenvalue weighted by Gasteiger charge is -2.08. The molecule has 19 heavy (non-hydrogen) atoms. The van der Waals surface area contributed by atoms with Crippen LogP contribution in [0.2, 0.25) is 0 Å². The molecule has 2 rings (SSSR count). The molecule has 0 aliphatic carbocycles. The maximum atomic E-state index is 11.9. The molecule has 0 fully saturated rings. The van der Waals surface area contributed by atoms with Crippen molar-refractivity contribution in [3.8, 4) is 0 Å². The van der Waals surface area contributed by atoms with Crippen LogP contribution in [0.5, 0.6) is 0 Å². The van der Waals surface area contributed by atoms with Crippen LogP contribution in [0.3, 0.4) is 0 Å². The van der Waals surface area contributed by atoms with Gasteiger partial charge in [0.2, 0.25) is 0 Å². The molecule has 2 aromatic heterocycles. The summed E-state index contributed by atoms with van der Waals surface area (Å²) < 4.78 is 0.691. The lowest BCUT2D eigenvalue weighted by molar-refractivity contribution is 0.626. The first kappa shape index (κ1) is 14.2. The van der Waals surface area contributed by atoms with E-state index in [1.54, 1.807) is 6.20 Å². The molecule has 0 saturated carbocycles. The molecule has 4 nitrogen and oxygen atoms in total. The van der Waals surface area contributed by atoms with E-state index in [1.807, 2.05) is 18.2 Å². The quantitative estimate of drug-likeness (QED) is 0.843. The van der Waals surface area contributed by atoms with E-state index in [4.69, 9.17) is 0 Å². The maximum Gasteiger partial charge on any atom is 0.264 e. The van der Waals surface area contributed by atoms with Crippen LogP contribution < -0.4 is 5.56 Å². The fourth-order valence-electron chi connectivity index (χ4n) is 1.84. The molecule has 0 atom stereocenters. The summed E-state index contributed by atoms with van der Waals surface area (Å²) in [5, 5.41) is 0. The molecule has 0 radical (unpaired) electrons. The minimum atomic E-state index is -0.0582. The number of aromatic nitrogens is 3. The molecule has 0 aliphatic rings. The summed E-state index contributed by atoms with van der Waals surface area (Å²) in [7, 11) is 0. The predicted molar refractivity (Wildman–Crippen MR) is 83.2 cm³/mol. The average Bonchev–Trinajstić information content (AvgIpc) is 2.36. The van der Waals surface area contributed by atoms with Gasteiger partial charge in [-0.3, -0.25) is 9.78 Å². The number of halogens is 1. The Morgan fingerprint density at radius 2 is 2.16 bits per heavy atom. The molecule has 0 aromatic carbocycles. The largest absolute Gasteiger partial charge is 0.309 e. The third kappa shape index (κ3) is 3.86. The summed E-state index contributed by atoms with van der Waals surface area (Å²) in [6, 6.07) is 5.74. The van der Waals surface area contributed by atoms with E-state index in [1.165, 1.54) is 0 Å².